The van der Waals surface area contributed by atoms with Crippen LogP contribution in [0.4, 0.5) is 0 Å². The Balaban J connectivity index is 3.36. The van der Waals surface area contributed by atoms with E-state index in [0.717, 1.165) is 22.3 Å². The molecule has 1 atom stereocenters. The fraction of sp³-hybridized carbons (Fsp3) is 0.500. The zero-order valence-corrected chi connectivity index (χ0v) is 9.26. The molecule has 14 heavy (non-hydrogen) atoms. The van der Waals surface area contributed by atoms with Crippen LogP contribution in [0.1, 0.15) is 35.1 Å². The summed E-state index contributed by atoms with van der Waals surface area (Å²) < 4.78 is 0. The Hall–Kier alpha value is -1.02. The van der Waals surface area contributed by atoms with Gasteiger partial charge < -0.3 is 10.2 Å². The van der Waals surface area contributed by atoms with E-state index in [4.69, 9.17) is 5.11 Å². The molecule has 0 spiro atoms. The molecule has 2 N–H and O–H groups in total. The van der Waals surface area contributed by atoms with Crippen LogP contribution in [0.25, 0.3) is 0 Å². The molecule has 1 unspecified atom stereocenters. The fourth-order valence-electron chi connectivity index (χ4n) is 1.93. The van der Waals surface area contributed by atoms with Gasteiger partial charge in [0.1, 0.15) is 5.75 Å². The number of aromatic hydroxyl groups is 1. The Morgan fingerprint density at radius 1 is 1.21 bits per heavy atom. The van der Waals surface area contributed by atoms with Gasteiger partial charge in [-0.3, -0.25) is 0 Å². The van der Waals surface area contributed by atoms with E-state index in [1.807, 2.05) is 27.7 Å². The van der Waals surface area contributed by atoms with Crippen molar-refractivity contribution in [2.45, 2.75) is 33.6 Å². The normalized spacial score (nSPS) is 12.9. The summed E-state index contributed by atoms with van der Waals surface area (Å²) in [5.41, 5.74) is 4.20. The van der Waals surface area contributed by atoms with Crippen LogP contribution in [-0.2, 0) is 0 Å². The van der Waals surface area contributed by atoms with Crippen molar-refractivity contribution in [1.82, 2.24) is 0 Å². The van der Waals surface area contributed by atoms with Crippen LogP contribution in [0.5, 0.6) is 5.75 Å². The summed E-state index contributed by atoms with van der Waals surface area (Å²) in [6, 6.07) is 1.77. The molecule has 0 saturated carbocycles. The van der Waals surface area contributed by atoms with Crippen molar-refractivity contribution in [2.24, 2.45) is 0 Å². The topological polar surface area (TPSA) is 40.5 Å². The van der Waals surface area contributed by atoms with Crippen molar-refractivity contribution in [3.8, 4) is 5.75 Å². The molecule has 2 nitrogen and oxygen atoms in total. The lowest BCUT2D eigenvalue weighted by atomic mass is 9.89. The minimum absolute atomic E-state index is 0.134. The van der Waals surface area contributed by atoms with E-state index in [2.05, 4.69) is 0 Å². The molecule has 2 heteroatoms. The number of hydrogen-bond acceptors (Lipinski definition) is 2. The Labute approximate surface area is 85.2 Å². The Morgan fingerprint density at radius 3 is 2.29 bits per heavy atom. The highest BCUT2D eigenvalue weighted by atomic mass is 16.3. The van der Waals surface area contributed by atoms with Gasteiger partial charge in [-0.2, -0.15) is 0 Å². The van der Waals surface area contributed by atoms with Crippen LogP contribution in [-0.4, -0.2) is 16.8 Å². The lowest BCUT2D eigenvalue weighted by Crippen LogP contribution is -2.05. The summed E-state index contributed by atoms with van der Waals surface area (Å²) in [5, 5.41) is 18.7. The summed E-state index contributed by atoms with van der Waals surface area (Å²) in [6.07, 6.45) is 0. The van der Waals surface area contributed by atoms with E-state index >= 15 is 0 Å². The number of aliphatic hydroxyl groups is 1. The smallest absolute Gasteiger partial charge is 0.119 e. The molecule has 0 saturated heterocycles. The summed E-state index contributed by atoms with van der Waals surface area (Å²) in [4.78, 5) is 0. The van der Waals surface area contributed by atoms with E-state index in [-0.39, 0.29) is 12.5 Å². The third-order valence-electron chi connectivity index (χ3n) is 2.90. The van der Waals surface area contributed by atoms with Gasteiger partial charge in [0, 0.05) is 12.5 Å². The molecule has 78 valence electrons. The number of hydrogen-bond donors (Lipinski definition) is 2. The van der Waals surface area contributed by atoms with E-state index in [9.17, 15) is 5.11 Å². The van der Waals surface area contributed by atoms with Gasteiger partial charge in [-0.25, -0.2) is 0 Å². The van der Waals surface area contributed by atoms with Crippen molar-refractivity contribution in [3.63, 3.8) is 0 Å². The van der Waals surface area contributed by atoms with Gasteiger partial charge in [-0.05, 0) is 49.1 Å². The number of phenols is 1. The molecule has 1 aromatic rings. The molecule has 0 aliphatic heterocycles. The van der Waals surface area contributed by atoms with E-state index < -0.39 is 0 Å². The summed E-state index contributed by atoms with van der Waals surface area (Å²) in [6.45, 7) is 7.99. The molecule has 0 aliphatic carbocycles. The second-order valence-electron chi connectivity index (χ2n) is 3.96. The summed E-state index contributed by atoms with van der Waals surface area (Å²) in [7, 11) is 0. The predicted molar refractivity (Wildman–Crippen MR) is 57.8 cm³/mol. The van der Waals surface area contributed by atoms with Crippen molar-refractivity contribution in [3.05, 3.63) is 28.3 Å². The molecule has 0 heterocycles. The third-order valence-corrected chi connectivity index (χ3v) is 2.90. The zero-order chi connectivity index (χ0) is 10.9. The van der Waals surface area contributed by atoms with Crippen LogP contribution >= 0.6 is 0 Å². The van der Waals surface area contributed by atoms with Crippen molar-refractivity contribution >= 4 is 0 Å². The molecule has 0 radical (unpaired) electrons. The lowest BCUT2D eigenvalue weighted by molar-refractivity contribution is 0.272. The highest BCUT2D eigenvalue weighted by Gasteiger charge is 2.14. The number of aryl methyl sites for hydroxylation is 1. The summed E-state index contributed by atoms with van der Waals surface area (Å²) >= 11 is 0. The van der Waals surface area contributed by atoms with E-state index in [0.29, 0.717) is 5.75 Å². The maximum absolute atomic E-state index is 9.60. The van der Waals surface area contributed by atoms with Crippen molar-refractivity contribution < 1.29 is 10.2 Å². The van der Waals surface area contributed by atoms with Crippen LogP contribution in [0.3, 0.4) is 0 Å². The molecule has 0 aromatic heterocycles. The third kappa shape index (κ3) is 1.75. The second kappa shape index (κ2) is 4.01. The number of benzene rings is 1. The lowest BCUT2D eigenvalue weighted by Gasteiger charge is -2.18. The van der Waals surface area contributed by atoms with E-state index in [1.165, 1.54) is 0 Å². The van der Waals surface area contributed by atoms with Gasteiger partial charge in [-0.1, -0.05) is 6.92 Å². The van der Waals surface area contributed by atoms with Gasteiger partial charge >= 0.3 is 0 Å². The Bertz CT molecular complexity index is 343. The van der Waals surface area contributed by atoms with Crippen molar-refractivity contribution in [1.29, 1.82) is 0 Å². The maximum atomic E-state index is 9.60. The van der Waals surface area contributed by atoms with Gasteiger partial charge in [0.2, 0.25) is 0 Å². The molecule has 1 rings (SSSR count). The zero-order valence-electron chi connectivity index (χ0n) is 9.26. The predicted octanol–water partition coefficient (Wildman–Crippen LogP) is 2.41. The first-order chi connectivity index (χ1) is 6.49. The van der Waals surface area contributed by atoms with Gasteiger partial charge in [0.15, 0.2) is 0 Å². The standard InChI is InChI=1S/C12H18O2/c1-7-5-11(14)9(3)10(4)12(7)8(2)6-13/h5,8,13-14H,6H2,1-4H3. The monoisotopic (exact) mass is 194 g/mol. The van der Waals surface area contributed by atoms with Gasteiger partial charge in [-0.15, -0.1) is 0 Å². The molecule has 0 amide bonds. The second-order valence-corrected chi connectivity index (χ2v) is 3.96. The highest BCUT2D eigenvalue weighted by Crippen LogP contribution is 2.31. The minimum atomic E-state index is 0.134. The molecule has 1 aromatic carbocycles. The average Bonchev–Trinajstić information content (AvgIpc) is 2.14. The van der Waals surface area contributed by atoms with Crippen LogP contribution in [0.15, 0.2) is 6.07 Å². The fourth-order valence-corrected chi connectivity index (χ4v) is 1.93. The maximum Gasteiger partial charge on any atom is 0.119 e. The van der Waals surface area contributed by atoms with Crippen molar-refractivity contribution in [2.75, 3.05) is 6.61 Å². The van der Waals surface area contributed by atoms with E-state index in [1.54, 1.807) is 6.07 Å². The van der Waals surface area contributed by atoms with Crippen LogP contribution in [0, 0.1) is 20.8 Å². The SMILES string of the molecule is Cc1cc(O)c(C)c(C)c1C(C)CO. The Morgan fingerprint density at radius 2 is 1.79 bits per heavy atom. The molecular weight excluding hydrogens is 176 g/mol. The first kappa shape index (κ1) is 11.1. The highest BCUT2D eigenvalue weighted by molar-refractivity contribution is 5.48. The van der Waals surface area contributed by atoms with Gasteiger partial charge in [0.05, 0.1) is 0 Å². The van der Waals surface area contributed by atoms with Crippen LogP contribution in [0.2, 0.25) is 0 Å². The molecular formula is C12H18O2. The Kier molecular flexibility index (Phi) is 3.17. The quantitative estimate of drug-likeness (QED) is 0.759. The average molecular weight is 194 g/mol. The first-order valence-electron chi connectivity index (χ1n) is 4.89. The summed E-state index contributed by atoms with van der Waals surface area (Å²) in [5.74, 6) is 0.475. The number of rotatable bonds is 2. The molecule has 0 aliphatic rings. The molecule has 0 fully saturated rings. The number of aliphatic hydroxyl groups excluding tert-OH is 1. The molecule has 0 bridgehead atoms. The largest absolute Gasteiger partial charge is 0.508 e. The minimum Gasteiger partial charge on any atom is -0.508 e. The van der Waals surface area contributed by atoms with Crippen LogP contribution < -0.4 is 0 Å². The van der Waals surface area contributed by atoms with Gasteiger partial charge in [0.25, 0.3) is 0 Å². The number of phenolic OH excluding ortho intramolecular Hbond substituents is 1. The first-order valence-corrected chi connectivity index (χ1v) is 4.89.